The quantitative estimate of drug-likeness (QED) is 0.662. The van der Waals surface area contributed by atoms with Gasteiger partial charge < -0.3 is 5.73 Å². The molecule has 1 aliphatic heterocycles. The molecule has 2 nitrogen and oxygen atoms in total. The molecule has 0 radical (unpaired) electrons. The molecule has 0 spiro atoms. The van der Waals surface area contributed by atoms with Gasteiger partial charge in [0.2, 0.25) is 0 Å². The van der Waals surface area contributed by atoms with Crippen molar-refractivity contribution in [3.63, 3.8) is 0 Å². The molecular weight excluding hydrogens is 160 g/mol. The Morgan fingerprint density at radius 3 is 2.46 bits per heavy atom. The van der Waals surface area contributed by atoms with E-state index in [2.05, 4.69) is 24.7 Å². The lowest BCUT2D eigenvalue weighted by atomic mass is 9.88. The van der Waals surface area contributed by atoms with E-state index < -0.39 is 0 Å². The van der Waals surface area contributed by atoms with E-state index in [1.54, 1.807) is 0 Å². The van der Waals surface area contributed by atoms with E-state index in [0.29, 0.717) is 0 Å². The minimum atomic E-state index is -0.143. The van der Waals surface area contributed by atoms with Crippen LogP contribution in [-0.2, 0) is 0 Å². The van der Waals surface area contributed by atoms with Gasteiger partial charge in [-0.25, -0.2) is 0 Å². The standard InChI is InChI=1S/C11H20N2/c1-4-10(12)11(3,5-2)13-8-6-7-9-13/h1,10H,5-9,12H2,2-3H3. The fourth-order valence-corrected chi connectivity index (χ4v) is 2.05. The largest absolute Gasteiger partial charge is 0.316 e. The number of hydrogen-bond donors (Lipinski definition) is 1. The highest BCUT2D eigenvalue weighted by Gasteiger charge is 2.36. The molecule has 0 amide bonds. The van der Waals surface area contributed by atoms with Crippen LogP contribution in [0.25, 0.3) is 0 Å². The van der Waals surface area contributed by atoms with E-state index in [1.807, 2.05) is 0 Å². The predicted molar refractivity (Wildman–Crippen MR) is 56.3 cm³/mol. The third-order valence-corrected chi connectivity index (χ3v) is 3.39. The average molecular weight is 180 g/mol. The van der Waals surface area contributed by atoms with E-state index in [0.717, 1.165) is 19.5 Å². The molecule has 0 bridgehead atoms. The van der Waals surface area contributed by atoms with Crippen LogP contribution in [0.1, 0.15) is 33.1 Å². The molecule has 1 aliphatic rings. The maximum Gasteiger partial charge on any atom is 0.0845 e. The summed E-state index contributed by atoms with van der Waals surface area (Å²) in [6.07, 6.45) is 9.00. The van der Waals surface area contributed by atoms with Crippen LogP contribution in [0, 0.1) is 12.3 Å². The second kappa shape index (κ2) is 4.13. The molecule has 0 aromatic rings. The number of terminal acetylenes is 1. The van der Waals surface area contributed by atoms with Crippen LogP contribution in [0.2, 0.25) is 0 Å². The zero-order chi connectivity index (χ0) is 9.90. The van der Waals surface area contributed by atoms with Crippen LogP contribution >= 0.6 is 0 Å². The van der Waals surface area contributed by atoms with Crippen molar-refractivity contribution in [2.75, 3.05) is 13.1 Å². The van der Waals surface area contributed by atoms with Crippen molar-refractivity contribution in [2.45, 2.75) is 44.7 Å². The molecule has 2 unspecified atom stereocenters. The van der Waals surface area contributed by atoms with Gasteiger partial charge in [0.25, 0.3) is 0 Å². The lowest BCUT2D eigenvalue weighted by molar-refractivity contribution is 0.119. The molecule has 2 N–H and O–H groups in total. The molecule has 0 aliphatic carbocycles. The van der Waals surface area contributed by atoms with Gasteiger partial charge in [-0.05, 0) is 39.3 Å². The molecule has 13 heavy (non-hydrogen) atoms. The minimum absolute atomic E-state index is 0.00521. The number of likely N-dealkylation sites (tertiary alicyclic amines) is 1. The number of nitrogens with zero attached hydrogens (tertiary/aromatic N) is 1. The van der Waals surface area contributed by atoms with Gasteiger partial charge in [0.1, 0.15) is 0 Å². The summed E-state index contributed by atoms with van der Waals surface area (Å²) in [6.45, 7) is 6.65. The summed E-state index contributed by atoms with van der Waals surface area (Å²) in [5.74, 6) is 2.67. The smallest absolute Gasteiger partial charge is 0.0845 e. The average Bonchev–Trinajstić information content (AvgIpc) is 2.68. The topological polar surface area (TPSA) is 29.3 Å². The molecule has 74 valence electrons. The second-order valence-electron chi connectivity index (χ2n) is 4.05. The highest BCUT2D eigenvalue weighted by molar-refractivity contribution is 5.11. The Kier molecular flexibility index (Phi) is 3.35. The van der Waals surface area contributed by atoms with E-state index >= 15 is 0 Å². The number of rotatable bonds is 3. The number of hydrogen-bond acceptors (Lipinski definition) is 2. The van der Waals surface area contributed by atoms with Crippen molar-refractivity contribution < 1.29 is 0 Å². The molecule has 2 atom stereocenters. The van der Waals surface area contributed by atoms with Crippen molar-refractivity contribution >= 4 is 0 Å². The molecule has 1 fully saturated rings. The Balaban J connectivity index is 2.73. The Morgan fingerprint density at radius 1 is 1.54 bits per heavy atom. The fraction of sp³-hybridized carbons (Fsp3) is 0.818. The molecular formula is C11H20N2. The molecule has 2 heteroatoms. The van der Waals surface area contributed by atoms with Gasteiger partial charge in [0.15, 0.2) is 0 Å². The van der Waals surface area contributed by atoms with Crippen LogP contribution in [0.4, 0.5) is 0 Å². The molecule has 1 heterocycles. The third kappa shape index (κ3) is 1.87. The third-order valence-electron chi connectivity index (χ3n) is 3.39. The fourth-order valence-electron chi connectivity index (χ4n) is 2.05. The summed E-state index contributed by atoms with van der Waals surface area (Å²) in [6, 6.07) is -0.143. The first kappa shape index (κ1) is 10.6. The highest BCUT2D eigenvalue weighted by Crippen LogP contribution is 2.26. The normalized spacial score (nSPS) is 25.1. The Labute approximate surface area is 81.5 Å². The summed E-state index contributed by atoms with van der Waals surface area (Å²) in [7, 11) is 0. The molecule has 0 saturated carbocycles. The number of nitrogens with two attached hydrogens (primary N) is 1. The monoisotopic (exact) mass is 180 g/mol. The Bertz CT molecular complexity index is 201. The highest BCUT2D eigenvalue weighted by atomic mass is 15.2. The van der Waals surface area contributed by atoms with Crippen molar-refractivity contribution in [1.29, 1.82) is 0 Å². The zero-order valence-electron chi connectivity index (χ0n) is 8.71. The maximum atomic E-state index is 5.96. The van der Waals surface area contributed by atoms with Gasteiger partial charge in [0.05, 0.1) is 6.04 Å². The Hall–Kier alpha value is -0.520. The van der Waals surface area contributed by atoms with Gasteiger partial charge in [-0.1, -0.05) is 12.8 Å². The van der Waals surface area contributed by atoms with E-state index in [4.69, 9.17) is 12.2 Å². The summed E-state index contributed by atoms with van der Waals surface area (Å²) in [5.41, 5.74) is 5.97. The first-order valence-electron chi connectivity index (χ1n) is 5.12. The SMILES string of the molecule is C#CC(N)C(C)(CC)N1CCCC1. The van der Waals surface area contributed by atoms with Crippen LogP contribution in [0.15, 0.2) is 0 Å². The van der Waals surface area contributed by atoms with Crippen molar-refractivity contribution in [2.24, 2.45) is 5.73 Å². The van der Waals surface area contributed by atoms with Crippen molar-refractivity contribution in [3.8, 4) is 12.3 Å². The first-order valence-corrected chi connectivity index (χ1v) is 5.12. The zero-order valence-corrected chi connectivity index (χ0v) is 8.71. The van der Waals surface area contributed by atoms with E-state index in [9.17, 15) is 0 Å². The summed E-state index contributed by atoms with van der Waals surface area (Å²) in [5, 5.41) is 0. The predicted octanol–water partition coefficient (Wildman–Crippen LogP) is 1.21. The van der Waals surface area contributed by atoms with Crippen LogP contribution < -0.4 is 5.73 Å². The first-order chi connectivity index (χ1) is 6.15. The van der Waals surface area contributed by atoms with Crippen LogP contribution in [0.3, 0.4) is 0 Å². The maximum absolute atomic E-state index is 5.96. The van der Waals surface area contributed by atoms with E-state index in [-0.39, 0.29) is 11.6 Å². The van der Waals surface area contributed by atoms with Crippen molar-refractivity contribution in [1.82, 2.24) is 4.90 Å². The lowest BCUT2D eigenvalue weighted by Crippen LogP contribution is -2.56. The van der Waals surface area contributed by atoms with Crippen molar-refractivity contribution in [3.05, 3.63) is 0 Å². The van der Waals surface area contributed by atoms with E-state index in [1.165, 1.54) is 12.8 Å². The van der Waals surface area contributed by atoms with Gasteiger partial charge in [-0.15, -0.1) is 6.42 Å². The molecule has 0 aromatic carbocycles. The minimum Gasteiger partial charge on any atom is -0.316 e. The van der Waals surface area contributed by atoms with Crippen LogP contribution in [0.5, 0.6) is 0 Å². The molecule has 1 rings (SSSR count). The second-order valence-corrected chi connectivity index (χ2v) is 4.05. The van der Waals surface area contributed by atoms with Gasteiger partial charge >= 0.3 is 0 Å². The van der Waals surface area contributed by atoms with Gasteiger partial charge in [-0.3, -0.25) is 4.90 Å². The summed E-state index contributed by atoms with van der Waals surface area (Å²) < 4.78 is 0. The molecule has 0 aromatic heterocycles. The lowest BCUT2D eigenvalue weighted by Gasteiger charge is -2.40. The van der Waals surface area contributed by atoms with Crippen LogP contribution in [-0.4, -0.2) is 29.6 Å². The van der Waals surface area contributed by atoms with Gasteiger partial charge in [0, 0.05) is 5.54 Å². The Morgan fingerprint density at radius 2 is 2.08 bits per heavy atom. The van der Waals surface area contributed by atoms with Gasteiger partial charge in [-0.2, -0.15) is 0 Å². The molecule has 1 saturated heterocycles. The summed E-state index contributed by atoms with van der Waals surface area (Å²) in [4.78, 5) is 2.44. The summed E-state index contributed by atoms with van der Waals surface area (Å²) >= 11 is 0.